The van der Waals surface area contributed by atoms with Gasteiger partial charge in [-0.1, -0.05) is 157 Å². The summed E-state index contributed by atoms with van der Waals surface area (Å²) < 4.78 is 10.8. The summed E-state index contributed by atoms with van der Waals surface area (Å²) >= 11 is 0. The summed E-state index contributed by atoms with van der Waals surface area (Å²) in [5.74, 6) is 1.59. The molecule has 0 N–H and O–H groups in total. The summed E-state index contributed by atoms with van der Waals surface area (Å²) in [5, 5.41) is 0. The highest BCUT2D eigenvalue weighted by Crippen LogP contribution is 2.16. The van der Waals surface area contributed by atoms with Gasteiger partial charge in [-0.05, 0) is 37.5 Å². The molecule has 0 aromatic carbocycles. The topological polar surface area (TPSA) is 52.6 Å². The molecule has 0 aliphatic rings. The summed E-state index contributed by atoms with van der Waals surface area (Å²) in [6.07, 6.45) is 28.8. The van der Waals surface area contributed by atoms with Crippen LogP contribution in [0.15, 0.2) is 0 Å². The average Bonchev–Trinajstić information content (AvgIpc) is 2.91. The van der Waals surface area contributed by atoms with Gasteiger partial charge in [0.1, 0.15) is 0 Å². The van der Waals surface area contributed by atoms with Crippen LogP contribution in [0, 0.1) is 17.8 Å². The lowest BCUT2D eigenvalue weighted by Crippen LogP contribution is -2.15. The SMILES string of the molecule is CC(C)CCCCCOC(=O)CCCCCCCCCCCCCCCCC(C)C(=O)OCCCCCC(C)C. The third kappa shape index (κ3) is 29.9. The molecule has 0 amide bonds. The lowest BCUT2D eigenvalue weighted by Gasteiger charge is -2.11. The monoisotopic (exact) mass is 567 g/mol. The van der Waals surface area contributed by atoms with Crippen LogP contribution in [0.3, 0.4) is 0 Å². The van der Waals surface area contributed by atoms with Gasteiger partial charge in [-0.3, -0.25) is 9.59 Å². The second-order valence-corrected chi connectivity index (χ2v) is 13.3. The van der Waals surface area contributed by atoms with Gasteiger partial charge in [0.15, 0.2) is 0 Å². The molecule has 0 aliphatic carbocycles. The van der Waals surface area contributed by atoms with Gasteiger partial charge in [-0.2, -0.15) is 0 Å². The molecular weight excluding hydrogens is 496 g/mol. The lowest BCUT2D eigenvalue weighted by molar-refractivity contribution is -0.148. The fourth-order valence-electron chi connectivity index (χ4n) is 5.20. The molecule has 4 nitrogen and oxygen atoms in total. The molecule has 0 spiro atoms. The number of hydrogen-bond donors (Lipinski definition) is 0. The van der Waals surface area contributed by atoms with Crippen molar-refractivity contribution in [2.24, 2.45) is 17.8 Å². The Bertz CT molecular complexity index is 557. The molecule has 0 fully saturated rings. The van der Waals surface area contributed by atoms with E-state index >= 15 is 0 Å². The van der Waals surface area contributed by atoms with E-state index in [2.05, 4.69) is 27.7 Å². The number of esters is 2. The Balaban J connectivity index is 3.30. The number of unbranched alkanes of at least 4 members (excludes halogenated alkanes) is 17. The van der Waals surface area contributed by atoms with E-state index in [-0.39, 0.29) is 17.9 Å². The normalized spacial score (nSPS) is 12.3. The van der Waals surface area contributed by atoms with Gasteiger partial charge in [0.25, 0.3) is 0 Å². The summed E-state index contributed by atoms with van der Waals surface area (Å²) in [7, 11) is 0. The molecule has 0 radical (unpaired) electrons. The van der Waals surface area contributed by atoms with E-state index < -0.39 is 0 Å². The number of carbonyl (C=O) groups is 2. The first-order chi connectivity index (χ1) is 19.3. The zero-order valence-corrected chi connectivity index (χ0v) is 27.7. The molecule has 0 saturated heterocycles. The molecule has 0 bridgehead atoms. The van der Waals surface area contributed by atoms with Crippen LogP contribution in [0.1, 0.15) is 189 Å². The van der Waals surface area contributed by atoms with E-state index in [1.54, 1.807) is 0 Å². The fraction of sp³-hybridized carbons (Fsp3) is 0.944. The maximum atomic E-state index is 12.1. The van der Waals surface area contributed by atoms with Gasteiger partial charge >= 0.3 is 11.9 Å². The maximum Gasteiger partial charge on any atom is 0.308 e. The van der Waals surface area contributed by atoms with Gasteiger partial charge in [-0.25, -0.2) is 0 Å². The first kappa shape index (κ1) is 38.9. The van der Waals surface area contributed by atoms with Gasteiger partial charge in [0, 0.05) is 6.42 Å². The predicted octanol–water partition coefficient (Wildman–Crippen LogP) is 11.4. The standard InChI is InChI=1S/C36H70O4/c1-32(2)26-20-18-24-30-39-35(37)29-23-17-15-13-11-9-7-6-8-10-12-14-16-22-28-34(5)36(38)40-31-25-19-21-27-33(3)4/h32-34H,6-31H2,1-5H3. The fourth-order valence-corrected chi connectivity index (χ4v) is 5.20. The van der Waals surface area contributed by atoms with Crippen molar-refractivity contribution in [3.63, 3.8) is 0 Å². The molecule has 0 heterocycles. The van der Waals surface area contributed by atoms with Crippen molar-refractivity contribution in [3.05, 3.63) is 0 Å². The zero-order valence-electron chi connectivity index (χ0n) is 27.7. The Morgan fingerprint density at radius 3 is 1.23 bits per heavy atom. The predicted molar refractivity (Wildman–Crippen MR) is 172 cm³/mol. The van der Waals surface area contributed by atoms with Crippen molar-refractivity contribution < 1.29 is 19.1 Å². The van der Waals surface area contributed by atoms with Crippen LogP contribution in [-0.2, 0) is 19.1 Å². The Morgan fingerprint density at radius 2 is 0.775 bits per heavy atom. The molecule has 40 heavy (non-hydrogen) atoms. The van der Waals surface area contributed by atoms with Crippen molar-refractivity contribution in [2.75, 3.05) is 13.2 Å². The highest BCUT2D eigenvalue weighted by Gasteiger charge is 2.13. The molecule has 1 unspecified atom stereocenters. The van der Waals surface area contributed by atoms with Crippen molar-refractivity contribution in [3.8, 4) is 0 Å². The van der Waals surface area contributed by atoms with Crippen LogP contribution < -0.4 is 0 Å². The average molecular weight is 567 g/mol. The highest BCUT2D eigenvalue weighted by atomic mass is 16.5. The third-order valence-electron chi connectivity index (χ3n) is 8.03. The molecule has 0 saturated carbocycles. The van der Waals surface area contributed by atoms with Crippen molar-refractivity contribution >= 4 is 11.9 Å². The molecule has 0 aromatic heterocycles. The van der Waals surface area contributed by atoms with E-state index in [0.29, 0.717) is 19.6 Å². The van der Waals surface area contributed by atoms with Crippen molar-refractivity contribution in [1.29, 1.82) is 0 Å². The van der Waals surface area contributed by atoms with E-state index in [1.807, 2.05) is 6.92 Å². The summed E-state index contributed by atoms with van der Waals surface area (Å²) in [6, 6.07) is 0. The third-order valence-corrected chi connectivity index (χ3v) is 8.03. The van der Waals surface area contributed by atoms with Crippen LogP contribution in [0.4, 0.5) is 0 Å². The largest absolute Gasteiger partial charge is 0.466 e. The van der Waals surface area contributed by atoms with E-state index in [4.69, 9.17) is 9.47 Å². The summed E-state index contributed by atoms with van der Waals surface area (Å²) in [5.41, 5.74) is 0. The minimum atomic E-state index is -0.00306. The van der Waals surface area contributed by atoms with Crippen LogP contribution in [-0.4, -0.2) is 25.2 Å². The van der Waals surface area contributed by atoms with Gasteiger partial charge in [0.05, 0.1) is 19.1 Å². The maximum absolute atomic E-state index is 12.1. The second kappa shape index (κ2) is 29.4. The summed E-state index contributed by atoms with van der Waals surface area (Å²) in [6.45, 7) is 12.3. The Labute approximate surface area is 250 Å². The van der Waals surface area contributed by atoms with Crippen molar-refractivity contribution in [1.82, 2.24) is 0 Å². The Hall–Kier alpha value is -1.06. The Kier molecular flexibility index (Phi) is 28.7. The molecule has 4 heteroatoms. The number of carbonyl (C=O) groups excluding carboxylic acids is 2. The van der Waals surface area contributed by atoms with E-state index in [1.165, 1.54) is 109 Å². The molecular formula is C36H70O4. The highest BCUT2D eigenvalue weighted by molar-refractivity contribution is 5.71. The van der Waals surface area contributed by atoms with Gasteiger partial charge in [0.2, 0.25) is 0 Å². The lowest BCUT2D eigenvalue weighted by atomic mass is 10.0. The minimum Gasteiger partial charge on any atom is -0.466 e. The number of ether oxygens (including phenoxy) is 2. The van der Waals surface area contributed by atoms with E-state index in [0.717, 1.165) is 50.4 Å². The molecule has 0 rings (SSSR count). The first-order valence-electron chi connectivity index (χ1n) is 17.6. The molecule has 0 aliphatic heterocycles. The van der Waals surface area contributed by atoms with Gasteiger partial charge < -0.3 is 9.47 Å². The smallest absolute Gasteiger partial charge is 0.308 e. The van der Waals surface area contributed by atoms with Gasteiger partial charge in [-0.15, -0.1) is 0 Å². The number of rotatable bonds is 30. The Morgan fingerprint density at radius 1 is 0.425 bits per heavy atom. The van der Waals surface area contributed by atoms with E-state index in [9.17, 15) is 9.59 Å². The first-order valence-corrected chi connectivity index (χ1v) is 17.6. The number of hydrogen-bond acceptors (Lipinski definition) is 4. The minimum absolute atomic E-state index is 0.00198. The van der Waals surface area contributed by atoms with Crippen LogP contribution >= 0.6 is 0 Å². The van der Waals surface area contributed by atoms with Crippen molar-refractivity contribution in [2.45, 2.75) is 189 Å². The van der Waals surface area contributed by atoms with Crippen LogP contribution in [0.2, 0.25) is 0 Å². The molecule has 238 valence electrons. The quantitative estimate of drug-likeness (QED) is 0.0641. The van der Waals surface area contributed by atoms with Crippen LogP contribution in [0.25, 0.3) is 0 Å². The summed E-state index contributed by atoms with van der Waals surface area (Å²) in [4.78, 5) is 23.9. The molecule has 1 atom stereocenters. The second-order valence-electron chi connectivity index (χ2n) is 13.3. The van der Waals surface area contributed by atoms with Crippen LogP contribution in [0.5, 0.6) is 0 Å². The zero-order chi connectivity index (χ0) is 29.7. The molecule has 0 aromatic rings.